The van der Waals surface area contributed by atoms with Crippen LogP contribution >= 0.6 is 0 Å². The van der Waals surface area contributed by atoms with Crippen molar-refractivity contribution >= 4 is 44.8 Å². The van der Waals surface area contributed by atoms with Gasteiger partial charge in [0.2, 0.25) is 17.7 Å². The summed E-state index contributed by atoms with van der Waals surface area (Å²) < 4.78 is 27.6. The molecule has 2 aromatic carbocycles. The molecule has 1 saturated heterocycles. The molecule has 0 bridgehead atoms. The summed E-state index contributed by atoms with van der Waals surface area (Å²) in [7, 11) is -3.88. The molecule has 28 heavy (non-hydrogen) atoms. The van der Waals surface area contributed by atoms with Crippen molar-refractivity contribution in [3.8, 4) is 0 Å². The molecule has 9 heteroatoms. The molecule has 3 amide bonds. The molecule has 1 heterocycles. The summed E-state index contributed by atoms with van der Waals surface area (Å²) >= 11 is 0. The second-order valence-corrected chi connectivity index (χ2v) is 8.02. The van der Waals surface area contributed by atoms with Gasteiger partial charge in [-0.2, -0.15) is 0 Å². The zero-order valence-corrected chi connectivity index (χ0v) is 16.0. The molecule has 2 aromatic rings. The molecule has 0 saturated carbocycles. The Labute approximate surface area is 162 Å². The minimum atomic E-state index is -3.88. The average Bonchev–Trinajstić information content (AvgIpc) is 2.61. The largest absolute Gasteiger partial charge is 0.326 e. The molecule has 0 aliphatic carbocycles. The lowest BCUT2D eigenvalue weighted by Crippen LogP contribution is -2.40. The summed E-state index contributed by atoms with van der Waals surface area (Å²) in [5.41, 5.74) is 1.10. The van der Waals surface area contributed by atoms with Crippen molar-refractivity contribution in [2.45, 2.75) is 31.1 Å². The number of carbonyl (C=O) groups is 3. The number of piperidine rings is 1. The van der Waals surface area contributed by atoms with Crippen LogP contribution in [0.25, 0.3) is 0 Å². The lowest BCUT2D eigenvalue weighted by atomic mass is 10.1. The van der Waals surface area contributed by atoms with Crippen LogP contribution in [-0.2, 0) is 24.4 Å². The number of rotatable bonds is 5. The third kappa shape index (κ3) is 4.37. The molecule has 2 N–H and O–H groups in total. The minimum Gasteiger partial charge on any atom is -0.326 e. The van der Waals surface area contributed by atoms with E-state index < -0.39 is 10.0 Å². The van der Waals surface area contributed by atoms with Gasteiger partial charge in [-0.15, -0.1) is 0 Å². The highest BCUT2D eigenvalue weighted by molar-refractivity contribution is 7.92. The Morgan fingerprint density at radius 1 is 0.964 bits per heavy atom. The van der Waals surface area contributed by atoms with Gasteiger partial charge in [-0.1, -0.05) is 6.07 Å². The highest BCUT2D eigenvalue weighted by atomic mass is 32.2. The second kappa shape index (κ2) is 7.81. The molecular formula is C19H19N3O5S. The van der Waals surface area contributed by atoms with E-state index in [0.717, 1.165) is 4.90 Å². The maximum atomic E-state index is 12.6. The fourth-order valence-electron chi connectivity index (χ4n) is 2.89. The van der Waals surface area contributed by atoms with Gasteiger partial charge in [0.05, 0.1) is 16.3 Å². The van der Waals surface area contributed by atoms with Gasteiger partial charge < -0.3 is 5.32 Å². The van der Waals surface area contributed by atoms with E-state index in [1.807, 2.05) is 0 Å². The van der Waals surface area contributed by atoms with E-state index in [1.165, 1.54) is 37.3 Å². The van der Waals surface area contributed by atoms with Gasteiger partial charge in [0.15, 0.2) is 0 Å². The summed E-state index contributed by atoms with van der Waals surface area (Å²) in [5.74, 6) is -0.850. The Balaban J connectivity index is 1.80. The topological polar surface area (TPSA) is 113 Å². The first-order valence-electron chi connectivity index (χ1n) is 8.62. The molecule has 0 spiro atoms. The number of sulfonamides is 1. The molecule has 0 radical (unpaired) electrons. The second-order valence-electron chi connectivity index (χ2n) is 6.34. The van der Waals surface area contributed by atoms with E-state index in [1.54, 1.807) is 18.2 Å². The highest BCUT2D eigenvalue weighted by Crippen LogP contribution is 2.25. The van der Waals surface area contributed by atoms with Gasteiger partial charge in [-0.25, -0.2) is 8.42 Å². The van der Waals surface area contributed by atoms with Gasteiger partial charge >= 0.3 is 0 Å². The highest BCUT2D eigenvalue weighted by Gasteiger charge is 2.27. The van der Waals surface area contributed by atoms with Crippen LogP contribution in [0.15, 0.2) is 53.4 Å². The number of carbonyl (C=O) groups excluding carboxylic acids is 3. The lowest BCUT2D eigenvalue weighted by Gasteiger charge is -2.24. The van der Waals surface area contributed by atoms with Crippen LogP contribution in [0.3, 0.4) is 0 Å². The first kappa shape index (κ1) is 19.6. The predicted octanol–water partition coefficient (Wildman–Crippen LogP) is 2.49. The lowest BCUT2D eigenvalue weighted by molar-refractivity contribution is -0.129. The van der Waals surface area contributed by atoms with Crippen molar-refractivity contribution < 1.29 is 22.8 Å². The number of anilines is 3. The third-order valence-corrected chi connectivity index (χ3v) is 5.52. The average molecular weight is 401 g/mol. The van der Waals surface area contributed by atoms with Crippen LogP contribution < -0.4 is 14.9 Å². The summed E-state index contributed by atoms with van der Waals surface area (Å²) in [6.45, 7) is 1.36. The third-order valence-electron chi connectivity index (χ3n) is 4.12. The monoisotopic (exact) mass is 401 g/mol. The number of nitrogens with one attached hydrogen (secondary N) is 2. The number of amides is 3. The van der Waals surface area contributed by atoms with Gasteiger partial charge in [0.25, 0.3) is 10.0 Å². The number of nitrogens with zero attached hydrogens (tertiary/aromatic N) is 1. The standard InChI is InChI=1S/C19H19N3O5S/c1-13(23)20-14-4-2-5-15(12-14)21-28(26,27)17-10-8-16(9-11-17)22-18(24)6-3-7-19(22)25/h2,4-5,8-12,21H,3,6-7H2,1H3,(H,20,23). The van der Waals surface area contributed by atoms with E-state index in [-0.39, 0.29) is 41.1 Å². The number of hydrogen-bond acceptors (Lipinski definition) is 5. The smallest absolute Gasteiger partial charge is 0.261 e. The molecular weight excluding hydrogens is 382 g/mol. The number of hydrogen-bond donors (Lipinski definition) is 2. The van der Waals surface area contributed by atoms with Crippen molar-refractivity contribution in [2.24, 2.45) is 0 Å². The molecule has 3 rings (SSSR count). The van der Waals surface area contributed by atoms with Gasteiger partial charge in [0.1, 0.15) is 0 Å². The predicted molar refractivity (Wildman–Crippen MR) is 104 cm³/mol. The zero-order chi connectivity index (χ0) is 20.3. The Bertz CT molecular complexity index is 1020. The summed E-state index contributed by atoms with van der Waals surface area (Å²) in [4.78, 5) is 36.2. The summed E-state index contributed by atoms with van der Waals surface area (Å²) in [6.07, 6.45) is 1.11. The van der Waals surface area contributed by atoms with E-state index in [9.17, 15) is 22.8 Å². The Morgan fingerprint density at radius 2 is 1.57 bits per heavy atom. The van der Waals surface area contributed by atoms with E-state index in [4.69, 9.17) is 0 Å². The minimum absolute atomic E-state index is 0.0157. The van der Waals surface area contributed by atoms with Crippen LogP contribution in [0.4, 0.5) is 17.1 Å². The number of benzene rings is 2. The fraction of sp³-hybridized carbons (Fsp3) is 0.211. The first-order valence-corrected chi connectivity index (χ1v) is 10.1. The van der Waals surface area contributed by atoms with Gasteiger partial charge in [0, 0.05) is 25.5 Å². The molecule has 1 aliphatic rings. The van der Waals surface area contributed by atoms with Crippen LogP contribution in [0.5, 0.6) is 0 Å². The quantitative estimate of drug-likeness (QED) is 0.748. The molecule has 146 valence electrons. The Hall–Kier alpha value is -3.20. The maximum absolute atomic E-state index is 12.6. The van der Waals surface area contributed by atoms with Crippen LogP contribution in [0.2, 0.25) is 0 Å². The van der Waals surface area contributed by atoms with E-state index in [2.05, 4.69) is 10.0 Å². The van der Waals surface area contributed by atoms with Crippen LogP contribution in [0.1, 0.15) is 26.2 Å². The SMILES string of the molecule is CC(=O)Nc1cccc(NS(=O)(=O)c2ccc(N3C(=O)CCCC3=O)cc2)c1. The molecule has 0 aromatic heterocycles. The number of imide groups is 1. The zero-order valence-electron chi connectivity index (χ0n) is 15.1. The van der Waals surface area contributed by atoms with Crippen molar-refractivity contribution in [1.82, 2.24) is 0 Å². The van der Waals surface area contributed by atoms with Crippen molar-refractivity contribution in [3.05, 3.63) is 48.5 Å². The fourth-order valence-corrected chi connectivity index (χ4v) is 3.94. The molecule has 1 aliphatic heterocycles. The van der Waals surface area contributed by atoms with Crippen LogP contribution in [0, 0.1) is 0 Å². The van der Waals surface area contributed by atoms with Gasteiger partial charge in [-0.3, -0.25) is 24.0 Å². The Kier molecular flexibility index (Phi) is 5.46. The molecule has 0 unspecified atom stereocenters. The summed E-state index contributed by atoms with van der Waals surface area (Å²) in [5, 5.41) is 2.58. The summed E-state index contributed by atoms with van der Waals surface area (Å²) in [6, 6.07) is 11.9. The van der Waals surface area contributed by atoms with Crippen LogP contribution in [-0.4, -0.2) is 26.1 Å². The van der Waals surface area contributed by atoms with E-state index >= 15 is 0 Å². The Morgan fingerprint density at radius 3 is 2.18 bits per heavy atom. The first-order chi connectivity index (χ1) is 13.3. The maximum Gasteiger partial charge on any atom is 0.261 e. The van der Waals surface area contributed by atoms with Crippen molar-refractivity contribution in [3.63, 3.8) is 0 Å². The van der Waals surface area contributed by atoms with Crippen molar-refractivity contribution in [1.29, 1.82) is 0 Å². The normalized spacial score (nSPS) is 14.7. The molecule has 8 nitrogen and oxygen atoms in total. The van der Waals surface area contributed by atoms with Gasteiger partial charge in [-0.05, 0) is 48.9 Å². The molecule has 1 fully saturated rings. The molecule has 0 atom stereocenters. The van der Waals surface area contributed by atoms with Crippen molar-refractivity contribution in [2.75, 3.05) is 14.9 Å². The van der Waals surface area contributed by atoms with E-state index in [0.29, 0.717) is 17.8 Å².